The van der Waals surface area contributed by atoms with Gasteiger partial charge in [0.15, 0.2) is 5.78 Å². The Morgan fingerprint density at radius 1 is 0.852 bits per heavy atom. The fourth-order valence-corrected chi connectivity index (χ4v) is 3.62. The molecule has 0 saturated heterocycles. The molecule has 27 heavy (non-hydrogen) atoms. The monoisotopic (exact) mass is 395 g/mol. The van der Waals surface area contributed by atoms with Crippen molar-refractivity contribution in [2.24, 2.45) is 0 Å². The third kappa shape index (κ3) is 3.61. The highest BCUT2D eigenvalue weighted by Gasteiger charge is 2.27. The molecule has 4 rings (SSSR count). The molecule has 0 aromatic heterocycles. The van der Waals surface area contributed by atoms with E-state index >= 15 is 0 Å². The quantitative estimate of drug-likeness (QED) is 0.578. The summed E-state index contributed by atoms with van der Waals surface area (Å²) < 4.78 is 0. The van der Waals surface area contributed by atoms with E-state index < -0.39 is 0 Å². The standard InChI is InChI=1S/C22H15Cl2NO2/c23-16-6-1-13(2-7-16)18-12-21(26)25-20-10-5-15(11-19(18)20)22(27)14-3-8-17(24)9-4-14/h1-11,18H,12H2,(H,25,26). The van der Waals surface area contributed by atoms with Crippen LogP contribution in [-0.2, 0) is 4.79 Å². The third-order valence-corrected chi connectivity index (χ3v) is 5.24. The number of hydrogen-bond donors (Lipinski definition) is 1. The molecule has 0 spiro atoms. The molecular weight excluding hydrogens is 381 g/mol. The lowest BCUT2D eigenvalue weighted by molar-refractivity contribution is -0.116. The van der Waals surface area contributed by atoms with E-state index in [0.29, 0.717) is 27.6 Å². The lowest BCUT2D eigenvalue weighted by Gasteiger charge is -2.26. The molecule has 1 aliphatic heterocycles. The summed E-state index contributed by atoms with van der Waals surface area (Å²) in [7, 11) is 0. The fraction of sp³-hybridized carbons (Fsp3) is 0.0909. The van der Waals surface area contributed by atoms with Crippen LogP contribution < -0.4 is 5.32 Å². The van der Waals surface area contributed by atoms with Crippen molar-refractivity contribution in [1.29, 1.82) is 0 Å². The van der Waals surface area contributed by atoms with Gasteiger partial charge in [-0.1, -0.05) is 35.3 Å². The molecule has 1 atom stereocenters. The van der Waals surface area contributed by atoms with Gasteiger partial charge in [-0.3, -0.25) is 9.59 Å². The number of benzene rings is 3. The number of hydrogen-bond acceptors (Lipinski definition) is 2. The number of amides is 1. The van der Waals surface area contributed by atoms with Crippen LogP contribution in [0.5, 0.6) is 0 Å². The highest BCUT2D eigenvalue weighted by atomic mass is 35.5. The van der Waals surface area contributed by atoms with Gasteiger partial charge in [-0.2, -0.15) is 0 Å². The van der Waals surface area contributed by atoms with E-state index in [2.05, 4.69) is 5.32 Å². The van der Waals surface area contributed by atoms with Gasteiger partial charge in [0.25, 0.3) is 0 Å². The van der Waals surface area contributed by atoms with Crippen molar-refractivity contribution in [1.82, 2.24) is 0 Å². The molecule has 3 aromatic carbocycles. The van der Waals surface area contributed by atoms with E-state index in [9.17, 15) is 9.59 Å². The number of halogens is 2. The number of fused-ring (bicyclic) bond motifs is 1. The largest absolute Gasteiger partial charge is 0.326 e. The van der Waals surface area contributed by atoms with E-state index in [-0.39, 0.29) is 17.6 Å². The normalized spacial score (nSPS) is 15.8. The average Bonchev–Trinajstić information content (AvgIpc) is 2.68. The Morgan fingerprint density at radius 2 is 1.44 bits per heavy atom. The summed E-state index contributed by atoms with van der Waals surface area (Å²) in [4.78, 5) is 25.0. The number of nitrogens with one attached hydrogen (secondary N) is 1. The van der Waals surface area contributed by atoms with Crippen molar-refractivity contribution >= 4 is 40.6 Å². The van der Waals surface area contributed by atoms with Crippen LogP contribution in [0.25, 0.3) is 0 Å². The summed E-state index contributed by atoms with van der Waals surface area (Å²) in [5.74, 6) is -0.246. The first-order valence-corrected chi connectivity index (χ1v) is 9.26. The van der Waals surface area contributed by atoms with Crippen molar-refractivity contribution < 1.29 is 9.59 Å². The Hall–Kier alpha value is -2.62. The minimum absolute atomic E-state index is 0.0424. The van der Waals surface area contributed by atoms with Crippen LogP contribution in [0.3, 0.4) is 0 Å². The maximum Gasteiger partial charge on any atom is 0.225 e. The van der Waals surface area contributed by atoms with E-state index in [0.717, 1.165) is 16.8 Å². The summed E-state index contributed by atoms with van der Waals surface area (Å²) in [6.07, 6.45) is 0.327. The molecule has 134 valence electrons. The highest BCUT2D eigenvalue weighted by Crippen LogP contribution is 2.38. The van der Waals surface area contributed by atoms with E-state index in [1.165, 1.54) is 0 Å². The van der Waals surface area contributed by atoms with Gasteiger partial charge < -0.3 is 5.32 Å². The lowest BCUT2D eigenvalue weighted by Crippen LogP contribution is -2.24. The first-order valence-electron chi connectivity index (χ1n) is 8.51. The first kappa shape index (κ1) is 17.8. The van der Waals surface area contributed by atoms with Gasteiger partial charge in [0.1, 0.15) is 0 Å². The molecule has 0 radical (unpaired) electrons. The van der Waals surface area contributed by atoms with Crippen LogP contribution in [0, 0.1) is 0 Å². The average molecular weight is 396 g/mol. The van der Waals surface area contributed by atoms with Gasteiger partial charge in [0, 0.05) is 39.2 Å². The maximum absolute atomic E-state index is 12.8. The van der Waals surface area contributed by atoms with Crippen LogP contribution >= 0.6 is 23.2 Å². The lowest BCUT2D eigenvalue weighted by atomic mass is 9.83. The predicted molar refractivity (Wildman–Crippen MR) is 108 cm³/mol. The smallest absolute Gasteiger partial charge is 0.225 e. The number of carbonyl (C=O) groups excluding carboxylic acids is 2. The number of carbonyl (C=O) groups is 2. The molecule has 1 N–H and O–H groups in total. The van der Waals surface area contributed by atoms with Gasteiger partial charge in [-0.25, -0.2) is 0 Å². The molecule has 1 heterocycles. The summed E-state index contributed by atoms with van der Waals surface area (Å²) in [5.41, 5.74) is 3.80. The summed E-state index contributed by atoms with van der Waals surface area (Å²) in [5, 5.41) is 4.12. The van der Waals surface area contributed by atoms with Crippen molar-refractivity contribution in [3.63, 3.8) is 0 Å². The Balaban J connectivity index is 1.75. The molecule has 0 fully saturated rings. The van der Waals surface area contributed by atoms with Crippen LogP contribution in [0.4, 0.5) is 5.69 Å². The van der Waals surface area contributed by atoms with Crippen molar-refractivity contribution in [3.8, 4) is 0 Å². The molecule has 1 aliphatic rings. The van der Waals surface area contributed by atoms with E-state index in [1.54, 1.807) is 36.4 Å². The number of rotatable bonds is 3. The maximum atomic E-state index is 12.8. The first-order chi connectivity index (χ1) is 13.0. The van der Waals surface area contributed by atoms with Gasteiger partial charge in [0.2, 0.25) is 5.91 Å². The SMILES string of the molecule is O=C1CC(c2ccc(Cl)cc2)c2cc(C(=O)c3ccc(Cl)cc3)ccc2N1. The Labute approximate surface area is 166 Å². The van der Waals surface area contributed by atoms with Crippen molar-refractivity contribution in [2.45, 2.75) is 12.3 Å². The van der Waals surface area contributed by atoms with Gasteiger partial charge in [-0.05, 0) is 65.7 Å². The summed E-state index contributed by atoms with van der Waals surface area (Å²) >= 11 is 11.9. The van der Waals surface area contributed by atoms with Gasteiger partial charge >= 0.3 is 0 Å². The molecule has 5 heteroatoms. The second-order valence-electron chi connectivity index (χ2n) is 6.49. The molecule has 0 aliphatic carbocycles. The van der Waals surface area contributed by atoms with Crippen LogP contribution in [-0.4, -0.2) is 11.7 Å². The topological polar surface area (TPSA) is 46.2 Å². The van der Waals surface area contributed by atoms with Crippen molar-refractivity contribution in [2.75, 3.05) is 5.32 Å². The number of anilines is 1. The molecule has 1 unspecified atom stereocenters. The minimum atomic E-state index is -0.121. The third-order valence-electron chi connectivity index (χ3n) is 4.73. The number of ketones is 1. The zero-order chi connectivity index (χ0) is 19.0. The predicted octanol–water partition coefficient (Wildman–Crippen LogP) is 5.70. The second kappa shape index (κ2) is 7.18. The Morgan fingerprint density at radius 3 is 2.11 bits per heavy atom. The Kier molecular flexibility index (Phi) is 4.73. The fourth-order valence-electron chi connectivity index (χ4n) is 3.36. The molecular formula is C22H15Cl2NO2. The summed E-state index contributed by atoms with van der Waals surface area (Å²) in [6, 6.07) is 19.7. The zero-order valence-electron chi connectivity index (χ0n) is 14.2. The van der Waals surface area contributed by atoms with Gasteiger partial charge in [0.05, 0.1) is 0 Å². The van der Waals surface area contributed by atoms with Crippen LogP contribution in [0.1, 0.15) is 39.4 Å². The van der Waals surface area contributed by atoms with E-state index in [4.69, 9.17) is 23.2 Å². The minimum Gasteiger partial charge on any atom is -0.326 e. The van der Waals surface area contributed by atoms with Crippen LogP contribution in [0.2, 0.25) is 10.0 Å². The highest BCUT2D eigenvalue weighted by molar-refractivity contribution is 6.31. The van der Waals surface area contributed by atoms with Crippen molar-refractivity contribution in [3.05, 3.63) is 99.0 Å². The summed E-state index contributed by atoms with van der Waals surface area (Å²) in [6.45, 7) is 0. The molecule has 1 amide bonds. The van der Waals surface area contributed by atoms with Gasteiger partial charge in [-0.15, -0.1) is 0 Å². The zero-order valence-corrected chi connectivity index (χ0v) is 15.7. The molecule has 3 nitrogen and oxygen atoms in total. The van der Waals surface area contributed by atoms with Crippen LogP contribution in [0.15, 0.2) is 66.7 Å². The molecule has 3 aromatic rings. The second-order valence-corrected chi connectivity index (χ2v) is 7.37. The molecule has 0 saturated carbocycles. The molecule has 0 bridgehead atoms. The van der Waals surface area contributed by atoms with E-state index in [1.807, 2.05) is 30.3 Å². The Bertz CT molecular complexity index is 1030.